The van der Waals surface area contributed by atoms with Crippen molar-refractivity contribution in [3.8, 4) is 16.9 Å². The number of ether oxygens (including phenoxy) is 2. The molecule has 1 aliphatic rings. The number of nitroso groups, excluding NO2 is 1. The normalized spacial score (nSPS) is 13.5. The summed E-state index contributed by atoms with van der Waals surface area (Å²) >= 11 is 0. The number of fused-ring (bicyclic) bond motifs is 1. The van der Waals surface area contributed by atoms with Crippen molar-refractivity contribution in [2.45, 2.75) is 90.3 Å². The number of halogens is 5. The average molecular weight is 879 g/mol. The number of methoxy groups -OCH3 is 1. The van der Waals surface area contributed by atoms with Crippen LogP contribution >= 0.6 is 0 Å². The van der Waals surface area contributed by atoms with Crippen molar-refractivity contribution in [3.63, 3.8) is 0 Å². The molecule has 0 saturated carbocycles. The molecule has 0 N–H and O–H groups in total. The van der Waals surface area contributed by atoms with E-state index in [1.54, 1.807) is 35.4 Å². The number of carbonyl (C=O) groups excluding carboxylic acids is 3. The van der Waals surface area contributed by atoms with Gasteiger partial charge in [0.2, 0.25) is 5.91 Å². The Hall–Kier alpha value is -6.43. The average Bonchev–Trinajstić information content (AvgIpc) is 3.27. The smallest absolute Gasteiger partial charge is 0.468 e. The molecule has 0 aliphatic carbocycles. The van der Waals surface area contributed by atoms with E-state index in [1.807, 2.05) is 36.1 Å². The van der Waals surface area contributed by atoms with Gasteiger partial charge in [-0.25, -0.2) is 13.8 Å². The first-order chi connectivity index (χ1) is 29.9. The second-order valence-corrected chi connectivity index (χ2v) is 15.3. The molecule has 0 radical (unpaired) electrons. The lowest BCUT2D eigenvalue weighted by Crippen LogP contribution is -2.56. The third-order valence-electron chi connectivity index (χ3n) is 10.8. The molecule has 2 amide bonds. The predicted octanol–water partition coefficient (Wildman–Crippen LogP) is 7.94. The first-order valence-corrected chi connectivity index (χ1v) is 20.2. The fraction of sp³-hybridized carbons (Fsp3) is 0.378. The van der Waals surface area contributed by atoms with E-state index in [2.05, 4.69) is 19.9 Å². The number of piperidine rings is 1. The van der Waals surface area contributed by atoms with Crippen molar-refractivity contribution in [2.75, 3.05) is 20.2 Å². The Morgan fingerprint density at radius 1 is 0.905 bits per heavy atom. The number of esters is 1. The van der Waals surface area contributed by atoms with Gasteiger partial charge in [0, 0.05) is 49.9 Å². The van der Waals surface area contributed by atoms with E-state index in [9.17, 15) is 46.0 Å². The molecule has 13 nitrogen and oxygen atoms in total. The van der Waals surface area contributed by atoms with Crippen LogP contribution in [0, 0.1) is 16.5 Å². The van der Waals surface area contributed by atoms with Crippen molar-refractivity contribution in [1.29, 1.82) is 0 Å². The summed E-state index contributed by atoms with van der Waals surface area (Å²) in [6.07, 6.45) is -1.25. The monoisotopic (exact) mass is 878 g/mol. The first-order valence-electron chi connectivity index (χ1n) is 20.2. The zero-order valence-electron chi connectivity index (χ0n) is 35.2. The molecule has 1 saturated heterocycles. The van der Waals surface area contributed by atoms with Crippen LogP contribution in [0.1, 0.15) is 63.4 Å². The number of amides is 2. The molecule has 18 heteroatoms. The number of aromatic nitrogens is 3. The highest BCUT2D eigenvalue weighted by atomic mass is 19.4. The predicted molar refractivity (Wildman–Crippen MR) is 223 cm³/mol. The van der Waals surface area contributed by atoms with Gasteiger partial charge in [-0.15, -0.1) is 18.1 Å². The molecule has 3 heterocycles. The SMILES string of the molecule is CCCC(=O)N=O.COC(=O)C(C)(C)N1CCC(N(Cc2ccc(-c3ccc(OC(F)(F)F)cc3)cc2)C(=O)Cn2c(CCc3cccc(F)c3F)nc(=O)c3cccnc32)CC1. The van der Waals surface area contributed by atoms with E-state index >= 15 is 0 Å². The Bertz CT molecular complexity index is 2450. The van der Waals surface area contributed by atoms with Gasteiger partial charge in [-0.05, 0) is 92.1 Å². The number of nitrogens with zero attached hydrogens (tertiary/aromatic N) is 6. The Morgan fingerprint density at radius 2 is 1.56 bits per heavy atom. The number of likely N-dealkylation sites (tertiary alicyclic amines) is 1. The van der Waals surface area contributed by atoms with E-state index in [0.29, 0.717) is 37.9 Å². The van der Waals surface area contributed by atoms with Crippen LogP contribution in [0.15, 0.2) is 95.0 Å². The molecule has 6 rings (SSSR count). The second kappa shape index (κ2) is 21.1. The van der Waals surface area contributed by atoms with E-state index in [-0.39, 0.29) is 78.4 Å². The van der Waals surface area contributed by atoms with Crippen LogP contribution in [0.3, 0.4) is 0 Å². The van der Waals surface area contributed by atoms with Crippen LogP contribution in [-0.2, 0) is 45.1 Å². The fourth-order valence-electron chi connectivity index (χ4n) is 7.35. The topological polar surface area (TPSA) is 153 Å². The van der Waals surface area contributed by atoms with Gasteiger partial charge in [-0.3, -0.25) is 24.1 Å². The van der Waals surface area contributed by atoms with E-state index in [0.717, 1.165) is 17.2 Å². The van der Waals surface area contributed by atoms with Gasteiger partial charge >= 0.3 is 12.3 Å². The molecule has 0 spiro atoms. The molecular formula is C45H47F5N6O7. The van der Waals surface area contributed by atoms with Crippen LogP contribution < -0.4 is 10.3 Å². The summed E-state index contributed by atoms with van der Waals surface area (Å²) in [5, 5.41) is 2.38. The fourth-order valence-corrected chi connectivity index (χ4v) is 7.35. The van der Waals surface area contributed by atoms with E-state index in [1.165, 1.54) is 49.7 Å². The lowest BCUT2D eigenvalue weighted by Gasteiger charge is -2.44. The summed E-state index contributed by atoms with van der Waals surface area (Å²) in [5.74, 6) is -3.38. The van der Waals surface area contributed by atoms with E-state index < -0.39 is 35.0 Å². The molecule has 1 fully saturated rings. The van der Waals surface area contributed by atoms with Crippen molar-refractivity contribution in [2.24, 2.45) is 5.18 Å². The minimum absolute atomic E-state index is 0.00511. The summed E-state index contributed by atoms with van der Waals surface area (Å²) in [5.41, 5.74) is 1.04. The summed E-state index contributed by atoms with van der Waals surface area (Å²) in [6, 6.07) is 19.5. The number of benzene rings is 3. The third-order valence-corrected chi connectivity index (χ3v) is 10.8. The van der Waals surface area contributed by atoms with Crippen molar-refractivity contribution in [3.05, 3.63) is 129 Å². The Labute approximate surface area is 359 Å². The van der Waals surface area contributed by atoms with Gasteiger partial charge in [-0.2, -0.15) is 4.98 Å². The molecule has 5 aromatic rings. The molecule has 334 valence electrons. The van der Waals surface area contributed by atoms with Gasteiger partial charge in [0.25, 0.3) is 11.5 Å². The summed E-state index contributed by atoms with van der Waals surface area (Å²) in [7, 11) is 1.34. The molecule has 0 atom stereocenters. The number of rotatable bonds is 14. The maximum Gasteiger partial charge on any atom is 0.573 e. The number of hydrogen-bond donors (Lipinski definition) is 0. The minimum atomic E-state index is -4.80. The van der Waals surface area contributed by atoms with Gasteiger partial charge in [0.1, 0.15) is 29.3 Å². The highest BCUT2D eigenvalue weighted by Crippen LogP contribution is 2.29. The van der Waals surface area contributed by atoms with Crippen LogP contribution in [0.2, 0.25) is 0 Å². The first kappa shape index (κ1) is 47.6. The van der Waals surface area contributed by atoms with Crippen LogP contribution in [0.25, 0.3) is 22.2 Å². The minimum Gasteiger partial charge on any atom is -0.468 e. The molecule has 3 aromatic carbocycles. The van der Waals surface area contributed by atoms with Crippen LogP contribution in [0.5, 0.6) is 5.75 Å². The van der Waals surface area contributed by atoms with Gasteiger partial charge in [0.15, 0.2) is 11.6 Å². The maximum atomic E-state index is 14.6. The Balaban J connectivity index is 0.000000985. The lowest BCUT2D eigenvalue weighted by atomic mass is 9.95. The van der Waals surface area contributed by atoms with Gasteiger partial charge in [0.05, 0.1) is 12.5 Å². The Kier molecular flexibility index (Phi) is 15.9. The number of pyridine rings is 1. The van der Waals surface area contributed by atoms with Crippen LogP contribution in [-0.4, -0.2) is 80.3 Å². The number of aryl methyl sites for hydroxylation is 2. The quantitative estimate of drug-likeness (QED) is 0.0611. The van der Waals surface area contributed by atoms with Crippen molar-refractivity contribution in [1.82, 2.24) is 24.3 Å². The standard InChI is InChI=1S/C41H40F5N5O5.C4H7NO2/c1-40(2,39(54)55-3)49-22-19-30(20-23-49)50(24-26-9-11-27(12-10-26)28-13-16-31(17-14-28)56-41(44,45)46)35(52)25-51-34(18-15-29-6-4-8-33(42)36(29)43)48-38(53)32-7-5-21-47-37(32)51;1-2-3-4(6)5-7/h4-14,16-17,21,30H,15,18-20,22-25H2,1-3H3;2-3H2,1H3. The Morgan fingerprint density at radius 3 is 2.14 bits per heavy atom. The zero-order valence-corrected chi connectivity index (χ0v) is 35.2. The number of alkyl halides is 3. The molecular weight excluding hydrogens is 832 g/mol. The largest absolute Gasteiger partial charge is 0.573 e. The summed E-state index contributed by atoms with van der Waals surface area (Å²) in [6.45, 7) is 6.32. The maximum absolute atomic E-state index is 14.6. The highest BCUT2D eigenvalue weighted by molar-refractivity contribution is 5.81. The highest BCUT2D eigenvalue weighted by Gasteiger charge is 2.39. The van der Waals surface area contributed by atoms with E-state index in [4.69, 9.17) is 4.74 Å². The zero-order chi connectivity index (χ0) is 45.9. The summed E-state index contributed by atoms with van der Waals surface area (Å²) < 4.78 is 77.2. The van der Waals surface area contributed by atoms with Gasteiger partial charge < -0.3 is 18.9 Å². The third kappa shape index (κ3) is 12.4. The van der Waals surface area contributed by atoms with Gasteiger partial charge in [-0.1, -0.05) is 55.5 Å². The molecule has 0 bridgehead atoms. The lowest BCUT2D eigenvalue weighted by molar-refractivity contribution is -0.274. The molecule has 2 aromatic heterocycles. The second-order valence-electron chi connectivity index (χ2n) is 15.3. The number of carbonyl (C=O) groups is 3. The molecule has 0 unspecified atom stereocenters. The van der Waals surface area contributed by atoms with Crippen molar-refractivity contribution >= 4 is 28.8 Å². The molecule has 1 aliphatic heterocycles. The summed E-state index contributed by atoms with van der Waals surface area (Å²) in [4.78, 5) is 72.0. The van der Waals surface area contributed by atoms with Crippen LogP contribution in [0.4, 0.5) is 22.0 Å². The molecule has 63 heavy (non-hydrogen) atoms. The van der Waals surface area contributed by atoms with Crippen molar-refractivity contribution < 1.29 is 45.8 Å². The number of hydrogen-bond acceptors (Lipinski definition) is 10.